The fraction of sp³-hybridized carbons (Fsp3) is 0.524. The van der Waals surface area contributed by atoms with Gasteiger partial charge in [0, 0.05) is 44.2 Å². The maximum Gasteiger partial charge on any atom is 0.253 e. The van der Waals surface area contributed by atoms with Crippen LogP contribution in [0.4, 0.5) is 0 Å². The first kappa shape index (κ1) is 20.8. The summed E-state index contributed by atoms with van der Waals surface area (Å²) in [6.45, 7) is 10.0. The Bertz CT molecular complexity index is 890. The largest absolute Gasteiger partial charge is 0.379 e. The summed E-state index contributed by atoms with van der Waals surface area (Å²) in [6, 6.07) is 6.16. The Morgan fingerprint density at radius 1 is 1.29 bits per heavy atom. The van der Waals surface area contributed by atoms with Crippen molar-refractivity contribution in [1.82, 2.24) is 20.1 Å². The Hall–Kier alpha value is -1.96. The van der Waals surface area contributed by atoms with Crippen molar-refractivity contribution in [3.63, 3.8) is 0 Å². The van der Waals surface area contributed by atoms with Crippen molar-refractivity contribution < 1.29 is 4.74 Å². The molecule has 0 unspecified atom stereocenters. The number of H-pyrrole nitrogens is 1. The van der Waals surface area contributed by atoms with E-state index >= 15 is 0 Å². The Morgan fingerprint density at radius 3 is 2.71 bits per heavy atom. The zero-order valence-corrected chi connectivity index (χ0v) is 17.8. The molecule has 0 radical (unpaired) electrons. The Balaban J connectivity index is 1.74. The summed E-state index contributed by atoms with van der Waals surface area (Å²) in [4.78, 5) is 20.3. The maximum absolute atomic E-state index is 12.7. The van der Waals surface area contributed by atoms with Crippen molar-refractivity contribution >= 4 is 28.2 Å². The first-order chi connectivity index (χ1) is 13.5. The minimum atomic E-state index is -0.0433. The highest BCUT2D eigenvalue weighted by Gasteiger charge is 2.15. The third-order valence-electron chi connectivity index (χ3n) is 5.39. The first-order valence-corrected chi connectivity index (χ1v) is 10.3. The molecule has 152 valence electrons. The molecule has 28 heavy (non-hydrogen) atoms. The summed E-state index contributed by atoms with van der Waals surface area (Å²) in [6.07, 6.45) is 0.992. The number of pyridine rings is 1. The van der Waals surface area contributed by atoms with Gasteiger partial charge in [-0.25, -0.2) is 0 Å². The van der Waals surface area contributed by atoms with Crippen LogP contribution >= 0.6 is 12.2 Å². The zero-order chi connectivity index (χ0) is 20.1. The molecule has 0 aliphatic carbocycles. The van der Waals surface area contributed by atoms with Gasteiger partial charge in [0.1, 0.15) is 0 Å². The molecule has 1 aliphatic heterocycles. The minimum Gasteiger partial charge on any atom is -0.379 e. The monoisotopic (exact) mass is 402 g/mol. The molecule has 1 saturated heterocycles. The summed E-state index contributed by atoms with van der Waals surface area (Å²) < 4.78 is 5.41. The van der Waals surface area contributed by atoms with Crippen LogP contribution in [-0.2, 0) is 11.3 Å². The molecule has 2 aromatic rings. The molecule has 1 aliphatic rings. The molecule has 0 spiro atoms. The number of nitrogens with one attached hydrogen (secondary N) is 2. The van der Waals surface area contributed by atoms with Crippen LogP contribution in [0.1, 0.15) is 23.1 Å². The topological polar surface area (TPSA) is 60.6 Å². The van der Waals surface area contributed by atoms with Crippen molar-refractivity contribution in [2.75, 3.05) is 46.4 Å². The Labute approximate surface area is 171 Å². The van der Waals surface area contributed by atoms with Gasteiger partial charge in [-0.05, 0) is 49.7 Å². The third-order valence-corrected chi connectivity index (χ3v) is 5.85. The first-order valence-electron chi connectivity index (χ1n) is 9.88. The van der Waals surface area contributed by atoms with Crippen LogP contribution in [0.15, 0.2) is 23.0 Å². The number of ether oxygens (including phenoxy) is 1. The van der Waals surface area contributed by atoms with Crippen LogP contribution in [0.3, 0.4) is 0 Å². The highest BCUT2D eigenvalue weighted by molar-refractivity contribution is 7.80. The number of hydrogen-bond acceptors (Lipinski definition) is 4. The van der Waals surface area contributed by atoms with E-state index in [1.807, 2.05) is 26.1 Å². The molecule has 0 atom stereocenters. The Morgan fingerprint density at radius 2 is 2.00 bits per heavy atom. The number of aromatic nitrogens is 1. The molecular formula is C21H30N4O2S. The quantitative estimate of drug-likeness (QED) is 0.723. The summed E-state index contributed by atoms with van der Waals surface area (Å²) in [5.41, 5.74) is 3.86. The average Bonchev–Trinajstić information content (AvgIpc) is 2.71. The van der Waals surface area contributed by atoms with E-state index in [1.165, 1.54) is 0 Å². The lowest BCUT2D eigenvalue weighted by Crippen LogP contribution is -2.41. The van der Waals surface area contributed by atoms with Crippen LogP contribution in [0.2, 0.25) is 0 Å². The SMILES string of the molecule is CNC(=S)N(CCCN1CCOCC1)Cc1cc2c(C)ccc(C)c2[nH]c1=O. The second-order valence-electron chi connectivity index (χ2n) is 7.40. The van der Waals surface area contributed by atoms with E-state index in [0.717, 1.165) is 73.4 Å². The van der Waals surface area contributed by atoms with E-state index in [4.69, 9.17) is 17.0 Å². The number of thiocarbonyl (C=S) groups is 1. The van der Waals surface area contributed by atoms with Gasteiger partial charge in [-0.1, -0.05) is 12.1 Å². The molecule has 0 saturated carbocycles. The summed E-state index contributed by atoms with van der Waals surface area (Å²) >= 11 is 5.50. The van der Waals surface area contributed by atoms with Gasteiger partial charge >= 0.3 is 0 Å². The number of aryl methyl sites for hydroxylation is 2. The van der Waals surface area contributed by atoms with Crippen LogP contribution in [0.5, 0.6) is 0 Å². The number of morpholine rings is 1. The molecule has 1 fully saturated rings. The lowest BCUT2D eigenvalue weighted by molar-refractivity contribution is 0.0367. The molecule has 6 nitrogen and oxygen atoms in total. The molecule has 0 bridgehead atoms. The van der Waals surface area contributed by atoms with Gasteiger partial charge in [-0.3, -0.25) is 9.69 Å². The second kappa shape index (κ2) is 9.49. The number of aromatic amines is 1. The van der Waals surface area contributed by atoms with Crippen molar-refractivity contribution in [1.29, 1.82) is 0 Å². The van der Waals surface area contributed by atoms with E-state index < -0.39 is 0 Å². The van der Waals surface area contributed by atoms with E-state index in [2.05, 4.69) is 33.1 Å². The highest BCUT2D eigenvalue weighted by Crippen LogP contribution is 2.20. The maximum atomic E-state index is 12.7. The van der Waals surface area contributed by atoms with Crippen molar-refractivity contribution in [3.8, 4) is 0 Å². The van der Waals surface area contributed by atoms with Crippen LogP contribution < -0.4 is 10.9 Å². The summed E-state index contributed by atoms with van der Waals surface area (Å²) in [5.74, 6) is 0. The van der Waals surface area contributed by atoms with Gasteiger partial charge in [0.2, 0.25) is 0 Å². The Kier molecular flexibility index (Phi) is 7.04. The number of rotatable bonds is 6. The van der Waals surface area contributed by atoms with E-state index in [9.17, 15) is 4.79 Å². The summed E-state index contributed by atoms with van der Waals surface area (Å²) in [5, 5.41) is 4.83. The number of benzene rings is 1. The molecule has 0 amide bonds. The van der Waals surface area contributed by atoms with E-state index in [-0.39, 0.29) is 5.56 Å². The third kappa shape index (κ3) is 4.90. The number of hydrogen-bond donors (Lipinski definition) is 2. The van der Waals surface area contributed by atoms with Crippen LogP contribution in [0, 0.1) is 13.8 Å². The van der Waals surface area contributed by atoms with Crippen molar-refractivity contribution in [2.45, 2.75) is 26.8 Å². The fourth-order valence-corrected chi connectivity index (χ4v) is 3.82. The molecule has 1 aromatic carbocycles. The molecule has 1 aromatic heterocycles. The molecule has 7 heteroatoms. The standard InChI is InChI=1S/C21H30N4O2S/c1-15-5-6-16(2)19-18(15)13-17(20(26)23-19)14-25(21(28)22-3)8-4-7-24-9-11-27-12-10-24/h5-6,13H,4,7-12,14H2,1-3H3,(H,22,28)(H,23,26). The van der Waals surface area contributed by atoms with Gasteiger partial charge < -0.3 is 19.9 Å². The van der Waals surface area contributed by atoms with Gasteiger partial charge in [-0.15, -0.1) is 0 Å². The highest BCUT2D eigenvalue weighted by atomic mass is 32.1. The second-order valence-corrected chi connectivity index (χ2v) is 7.78. The van der Waals surface area contributed by atoms with Crippen LogP contribution in [-0.4, -0.2) is 66.3 Å². The van der Waals surface area contributed by atoms with Gasteiger partial charge in [-0.2, -0.15) is 0 Å². The van der Waals surface area contributed by atoms with Gasteiger partial charge in [0.05, 0.1) is 25.3 Å². The lowest BCUT2D eigenvalue weighted by Gasteiger charge is -2.29. The van der Waals surface area contributed by atoms with Gasteiger partial charge in [0.25, 0.3) is 5.56 Å². The lowest BCUT2D eigenvalue weighted by atomic mass is 10.0. The van der Waals surface area contributed by atoms with Gasteiger partial charge in [0.15, 0.2) is 5.11 Å². The summed E-state index contributed by atoms with van der Waals surface area (Å²) in [7, 11) is 1.83. The molecular weight excluding hydrogens is 372 g/mol. The molecule has 2 heterocycles. The fourth-order valence-electron chi connectivity index (χ4n) is 3.66. The molecule has 2 N–H and O–H groups in total. The number of fused-ring (bicyclic) bond motifs is 1. The van der Waals surface area contributed by atoms with E-state index in [0.29, 0.717) is 11.7 Å². The van der Waals surface area contributed by atoms with Crippen LogP contribution in [0.25, 0.3) is 10.9 Å². The predicted octanol–water partition coefficient (Wildman–Crippen LogP) is 2.17. The predicted molar refractivity (Wildman–Crippen MR) is 118 cm³/mol. The van der Waals surface area contributed by atoms with Crippen molar-refractivity contribution in [3.05, 3.63) is 45.2 Å². The normalized spacial score (nSPS) is 15.0. The average molecular weight is 403 g/mol. The zero-order valence-electron chi connectivity index (χ0n) is 17.0. The molecule has 3 rings (SSSR count). The number of nitrogens with zero attached hydrogens (tertiary/aromatic N) is 2. The minimum absolute atomic E-state index is 0.0433. The van der Waals surface area contributed by atoms with Crippen molar-refractivity contribution in [2.24, 2.45) is 0 Å². The van der Waals surface area contributed by atoms with E-state index in [1.54, 1.807) is 0 Å². The smallest absolute Gasteiger partial charge is 0.253 e.